The molecule has 0 aliphatic heterocycles. The van der Waals surface area contributed by atoms with Crippen LogP contribution >= 0.6 is 11.6 Å². The minimum absolute atomic E-state index is 0.0463. The van der Waals surface area contributed by atoms with Crippen LogP contribution in [0.5, 0.6) is 0 Å². The molecule has 6 nitrogen and oxygen atoms in total. The first-order valence-electron chi connectivity index (χ1n) is 10.1. The number of nitrogens with one attached hydrogen (secondary N) is 1. The number of carbonyl (C=O) groups excluding carboxylic acids is 1. The lowest BCUT2D eigenvalue weighted by Gasteiger charge is -2.29. The van der Waals surface area contributed by atoms with Crippen molar-refractivity contribution in [3.05, 3.63) is 58.9 Å². The molecule has 1 fully saturated rings. The van der Waals surface area contributed by atoms with Gasteiger partial charge in [-0.05, 0) is 44.0 Å². The Balaban J connectivity index is 1.68. The number of hydrogen-bond donors (Lipinski definition) is 1. The van der Waals surface area contributed by atoms with Crippen LogP contribution in [0.4, 0.5) is 10.1 Å². The maximum Gasteiger partial charge on any atom is 0.242 e. The summed E-state index contributed by atoms with van der Waals surface area (Å²) >= 11 is 6.17. The Morgan fingerprint density at radius 1 is 1.23 bits per heavy atom. The first-order valence-corrected chi connectivity index (χ1v) is 11.9. The van der Waals surface area contributed by atoms with Crippen LogP contribution in [0.15, 0.2) is 47.4 Å². The predicted octanol–water partition coefficient (Wildman–Crippen LogP) is 4.28. The van der Waals surface area contributed by atoms with Gasteiger partial charge >= 0.3 is 0 Å². The fourth-order valence-electron chi connectivity index (χ4n) is 3.51. The van der Waals surface area contributed by atoms with Crippen molar-refractivity contribution in [2.45, 2.75) is 43.2 Å². The minimum atomic E-state index is -3.65. The number of carbonyl (C=O) groups is 1. The van der Waals surface area contributed by atoms with E-state index in [1.165, 1.54) is 38.4 Å². The van der Waals surface area contributed by atoms with E-state index in [0.717, 1.165) is 17.1 Å². The number of benzene rings is 2. The summed E-state index contributed by atoms with van der Waals surface area (Å²) in [5.41, 5.74) is 0.856. The van der Waals surface area contributed by atoms with Crippen molar-refractivity contribution in [1.82, 2.24) is 9.21 Å². The highest BCUT2D eigenvalue weighted by molar-refractivity contribution is 7.89. The van der Waals surface area contributed by atoms with Gasteiger partial charge in [0.1, 0.15) is 5.82 Å². The minimum Gasteiger partial charge on any atom is -0.325 e. The van der Waals surface area contributed by atoms with Gasteiger partial charge in [0.2, 0.25) is 15.9 Å². The number of anilines is 1. The molecule has 2 aromatic rings. The molecule has 0 bridgehead atoms. The predicted molar refractivity (Wildman–Crippen MR) is 120 cm³/mol. The van der Waals surface area contributed by atoms with Gasteiger partial charge < -0.3 is 5.32 Å². The first kappa shape index (κ1) is 23.7. The Kier molecular flexibility index (Phi) is 7.36. The molecule has 9 heteroatoms. The zero-order valence-corrected chi connectivity index (χ0v) is 19.4. The maximum atomic E-state index is 14.2. The number of amides is 1. The Morgan fingerprint density at radius 2 is 1.90 bits per heavy atom. The highest BCUT2D eigenvalue weighted by Crippen LogP contribution is 2.35. The number of halogens is 2. The third-order valence-electron chi connectivity index (χ3n) is 5.46. The maximum absolute atomic E-state index is 14.2. The van der Waals surface area contributed by atoms with Crippen LogP contribution in [0.1, 0.15) is 37.8 Å². The molecule has 1 aliphatic rings. The van der Waals surface area contributed by atoms with Crippen molar-refractivity contribution in [3.63, 3.8) is 0 Å². The van der Waals surface area contributed by atoms with Crippen LogP contribution in [0.3, 0.4) is 0 Å². The topological polar surface area (TPSA) is 69.7 Å². The fourth-order valence-corrected chi connectivity index (χ4v) is 4.60. The van der Waals surface area contributed by atoms with E-state index < -0.39 is 10.0 Å². The molecule has 0 heterocycles. The lowest BCUT2D eigenvalue weighted by Crippen LogP contribution is -2.33. The van der Waals surface area contributed by atoms with Crippen molar-refractivity contribution in [1.29, 1.82) is 0 Å². The van der Waals surface area contributed by atoms with E-state index in [1.54, 1.807) is 12.1 Å². The number of sulfonamides is 1. The van der Waals surface area contributed by atoms with Crippen LogP contribution < -0.4 is 5.32 Å². The standard InChI is InChI=1S/C22H27ClFN3O3S/c1-15(18-6-4-5-7-20(18)24)27(16-8-9-16)13-12-22(28)25-21-14-17(10-11-19(21)23)31(29,30)26(2)3/h4-7,10-11,14-16H,8-9,12-13H2,1-3H3,(H,25,28). The smallest absolute Gasteiger partial charge is 0.242 e. The molecule has 31 heavy (non-hydrogen) atoms. The van der Waals surface area contributed by atoms with Gasteiger partial charge in [-0.25, -0.2) is 17.1 Å². The van der Waals surface area contributed by atoms with Crippen LogP contribution in [0.25, 0.3) is 0 Å². The summed E-state index contributed by atoms with van der Waals surface area (Å²) in [6, 6.07) is 11.1. The highest BCUT2D eigenvalue weighted by atomic mass is 35.5. The molecule has 1 unspecified atom stereocenters. The van der Waals surface area contributed by atoms with Gasteiger partial charge in [-0.3, -0.25) is 9.69 Å². The third kappa shape index (κ3) is 5.63. The summed E-state index contributed by atoms with van der Waals surface area (Å²) in [6.07, 6.45) is 2.23. The largest absolute Gasteiger partial charge is 0.325 e. The molecular weight excluding hydrogens is 441 g/mol. The molecule has 0 radical (unpaired) electrons. The molecule has 1 atom stereocenters. The average Bonchev–Trinajstić information content (AvgIpc) is 3.55. The van der Waals surface area contributed by atoms with Crippen molar-refractivity contribution < 1.29 is 17.6 Å². The quantitative estimate of drug-likeness (QED) is 0.597. The summed E-state index contributed by atoms with van der Waals surface area (Å²) in [4.78, 5) is 14.8. The molecule has 168 valence electrons. The highest BCUT2D eigenvalue weighted by Gasteiger charge is 2.33. The Hall–Kier alpha value is -2.00. The van der Waals surface area contributed by atoms with Crippen molar-refractivity contribution in [2.75, 3.05) is 26.0 Å². The van der Waals surface area contributed by atoms with Crippen LogP contribution in [0, 0.1) is 5.82 Å². The molecule has 0 aromatic heterocycles. The van der Waals surface area contributed by atoms with Gasteiger partial charge in [-0.1, -0.05) is 29.8 Å². The normalized spacial score (nSPS) is 15.3. The first-order chi connectivity index (χ1) is 14.6. The van der Waals surface area contributed by atoms with Crippen molar-refractivity contribution >= 4 is 33.2 Å². The zero-order chi connectivity index (χ0) is 22.8. The van der Waals surface area contributed by atoms with Crippen LogP contribution in [0.2, 0.25) is 5.02 Å². The van der Waals surface area contributed by atoms with E-state index >= 15 is 0 Å². The second-order valence-electron chi connectivity index (χ2n) is 7.89. The van der Waals surface area contributed by atoms with Gasteiger partial charge in [0.15, 0.2) is 0 Å². The van der Waals surface area contributed by atoms with E-state index in [9.17, 15) is 17.6 Å². The Labute approximate surface area is 188 Å². The van der Waals surface area contributed by atoms with Gasteiger partial charge in [0.25, 0.3) is 0 Å². The zero-order valence-electron chi connectivity index (χ0n) is 17.8. The molecular formula is C22H27ClFN3O3S. The average molecular weight is 468 g/mol. The van der Waals surface area contributed by atoms with Crippen molar-refractivity contribution in [3.8, 4) is 0 Å². The number of hydrogen-bond acceptors (Lipinski definition) is 4. The fraction of sp³-hybridized carbons (Fsp3) is 0.409. The molecule has 2 aromatic carbocycles. The third-order valence-corrected chi connectivity index (χ3v) is 7.60. The molecule has 3 rings (SSSR count). The van der Waals surface area contributed by atoms with E-state index in [2.05, 4.69) is 10.2 Å². The molecule has 1 aliphatic carbocycles. The van der Waals surface area contributed by atoms with Gasteiger partial charge in [-0.15, -0.1) is 0 Å². The van der Waals surface area contributed by atoms with Crippen molar-refractivity contribution in [2.24, 2.45) is 0 Å². The summed E-state index contributed by atoms with van der Waals surface area (Å²) in [7, 11) is -0.775. The SMILES string of the molecule is CC(c1ccccc1F)N(CCC(=O)Nc1cc(S(=O)(=O)N(C)C)ccc1Cl)C1CC1. The molecule has 1 saturated carbocycles. The van der Waals surface area contributed by atoms with E-state index in [1.807, 2.05) is 13.0 Å². The summed E-state index contributed by atoms with van der Waals surface area (Å²) in [5.74, 6) is -0.538. The second kappa shape index (κ2) is 9.65. The Bertz CT molecular complexity index is 1060. The van der Waals surface area contributed by atoms with E-state index in [-0.39, 0.29) is 39.8 Å². The number of nitrogens with zero attached hydrogens (tertiary/aromatic N) is 2. The summed E-state index contributed by atoms with van der Waals surface area (Å²) in [6.45, 7) is 2.40. The molecule has 1 N–H and O–H groups in total. The molecule has 0 saturated heterocycles. The summed E-state index contributed by atoms with van der Waals surface area (Å²) in [5, 5.41) is 2.97. The van der Waals surface area contributed by atoms with E-state index in [0.29, 0.717) is 18.2 Å². The monoisotopic (exact) mass is 467 g/mol. The van der Waals surface area contributed by atoms with Gasteiger partial charge in [0, 0.05) is 44.7 Å². The van der Waals surface area contributed by atoms with Crippen LogP contribution in [-0.4, -0.2) is 50.2 Å². The molecule has 1 amide bonds. The lowest BCUT2D eigenvalue weighted by molar-refractivity contribution is -0.116. The lowest BCUT2D eigenvalue weighted by atomic mass is 10.1. The summed E-state index contributed by atoms with van der Waals surface area (Å²) < 4.78 is 40.0. The van der Waals surface area contributed by atoms with E-state index in [4.69, 9.17) is 11.6 Å². The van der Waals surface area contributed by atoms with Gasteiger partial charge in [0.05, 0.1) is 15.6 Å². The Morgan fingerprint density at radius 3 is 2.52 bits per heavy atom. The molecule has 0 spiro atoms. The van der Waals surface area contributed by atoms with Crippen LogP contribution in [-0.2, 0) is 14.8 Å². The van der Waals surface area contributed by atoms with Gasteiger partial charge in [-0.2, -0.15) is 0 Å². The number of rotatable bonds is 9. The second-order valence-corrected chi connectivity index (χ2v) is 10.5.